The number of carbonyl (C=O) groups excluding carboxylic acids is 1. The number of benzene rings is 1. The Kier molecular flexibility index (Phi) is 5.15. The van der Waals surface area contributed by atoms with Crippen molar-refractivity contribution >= 4 is 23.0 Å². The lowest BCUT2D eigenvalue weighted by Crippen LogP contribution is -2.44. The van der Waals surface area contributed by atoms with Crippen LogP contribution >= 0.6 is 0 Å². The number of H-pyrrole nitrogens is 1. The Balaban J connectivity index is 2.36. The first-order chi connectivity index (χ1) is 11.9. The van der Waals surface area contributed by atoms with E-state index in [1.807, 2.05) is 0 Å². The molecule has 142 valence electrons. The van der Waals surface area contributed by atoms with Gasteiger partial charge in [-0.15, -0.1) is 0 Å². The van der Waals surface area contributed by atoms with Gasteiger partial charge in [0.15, 0.2) is 23.3 Å². The SMILES string of the molecule is CC(C)(C)OC(=O)NC(Cc1c[nH]c2c(F)c(F)c(F)c(F)c12)C(=O)O. The van der Waals surface area contributed by atoms with Crippen molar-refractivity contribution in [3.63, 3.8) is 0 Å². The fourth-order valence-corrected chi connectivity index (χ4v) is 2.33. The van der Waals surface area contributed by atoms with E-state index >= 15 is 0 Å². The maximum absolute atomic E-state index is 14.0. The number of alkyl carbamates (subject to hydrolysis) is 1. The van der Waals surface area contributed by atoms with Crippen molar-refractivity contribution in [3.05, 3.63) is 35.0 Å². The summed E-state index contributed by atoms with van der Waals surface area (Å²) in [4.78, 5) is 25.3. The first kappa shape index (κ1) is 19.5. The molecule has 0 aliphatic heterocycles. The van der Waals surface area contributed by atoms with Gasteiger partial charge in [-0.3, -0.25) is 0 Å². The zero-order valence-corrected chi connectivity index (χ0v) is 14.0. The van der Waals surface area contributed by atoms with Crippen LogP contribution in [0.4, 0.5) is 22.4 Å². The number of hydrogen-bond donors (Lipinski definition) is 3. The highest BCUT2D eigenvalue weighted by Gasteiger charge is 2.28. The fourth-order valence-electron chi connectivity index (χ4n) is 2.33. The van der Waals surface area contributed by atoms with Gasteiger partial charge in [-0.05, 0) is 26.3 Å². The lowest BCUT2D eigenvalue weighted by Gasteiger charge is -2.22. The molecule has 10 heteroatoms. The monoisotopic (exact) mass is 376 g/mol. The molecule has 0 saturated heterocycles. The fraction of sp³-hybridized carbons (Fsp3) is 0.375. The molecule has 2 aromatic rings. The molecular formula is C16H16F4N2O4. The van der Waals surface area contributed by atoms with Crippen LogP contribution < -0.4 is 5.32 Å². The summed E-state index contributed by atoms with van der Waals surface area (Å²) in [7, 11) is 0. The third kappa shape index (κ3) is 3.89. The molecule has 0 bridgehead atoms. The second-order valence-corrected chi connectivity index (χ2v) is 6.56. The Bertz CT molecular complexity index is 873. The second-order valence-electron chi connectivity index (χ2n) is 6.56. The summed E-state index contributed by atoms with van der Waals surface area (Å²) in [5, 5.41) is 10.7. The van der Waals surface area contributed by atoms with Gasteiger partial charge in [0.1, 0.15) is 11.6 Å². The highest BCUT2D eigenvalue weighted by atomic mass is 19.2. The van der Waals surface area contributed by atoms with E-state index in [1.54, 1.807) is 20.8 Å². The molecule has 1 aromatic carbocycles. The average Bonchev–Trinajstić information content (AvgIpc) is 2.92. The molecule has 1 unspecified atom stereocenters. The predicted molar refractivity (Wildman–Crippen MR) is 82.6 cm³/mol. The largest absolute Gasteiger partial charge is 0.480 e. The standard InChI is InChI=1S/C16H16F4N2O4/c1-16(2,3)26-15(25)22-7(14(23)24)4-6-5-21-13-8(6)9(17)10(18)11(19)12(13)20/h5,7,21H,4H2,1-3H3,(H,22,25)(H,23,24). The smallest absolute Gasteiger partial charge is 0.408 e. The Labute approximate surface area is 145 Å². The maximum atomic E-state index is 14.0. The van der Waals surface area contributed by atoms with Gasteiger partial charge in [0.05, 0.1) is 5.52 Å². The van der Waals surface area contributed by atoms with Crippen LogP contribution in [0.15, 0.2) is 6.20 Å². The molecular weight excluding hydrogens is 360 g/mol. The third-order valence-corrected chi connectivity index (χ3v) is 3.39. The minimum atomic E-state index is -2.01. The molecule has 26 heavy (non-hydrogen) atoms. The summed E-state index contributed by atoms with van der Waals surface area (Å²) in [6.45, 7) is 4.70. The van der Waals surface area contributed by atoms with Gasteiger partial charge in [-0.1, -0.05) is 0 Å². The van der Waals surface area contributed by atoms with Gasteiger partial charge < -0.3 is 20.1 Å². The Morgan fingerprint density at radius 2 is 1.73 bits per heavy atom. The number of hydrogen-bond acceptors (Lipinski definition) is 3. The van der Waals surface area contributed by atoms with Crippen molar-refractivity contribution in [2.75, 3.05) is 0 Å². The molecule has 6 nitrogen and oxygen atoms in total. The summed E-state index contributed by atoms with van der Waals surface area (Å²) in [5.41, 5.74) is -1.68. The van der Waals surface area contributed by atoms with Crippen LogP contribution in [-0.2, 0) is 16.0 Å². The van der Waals surface area contributed by atoms with Crippen LogP contribution in [0.1, 0.15) is 26.3 Å². The number of carboxylic acids is 1. The molecule has 0 saturated carbocycles. The van der Waals surface area contributed by atoms with Crippen molar-refractivity contribution < 1.29 is 37.0 Å². The van der Waals surface area contributed by atoms with Gasteiger partial charge >= 0.3 is 12.1 Å². The van der Waals surface area contributed by atoms with Crippen molar-refractivity contribution in [3.8, 4) is 0 Å². The van der Waals surface area contributed by atoms with Gasteiger partial charge in [0.2, 0.25) is 0 Å². The molecule has 2 rings (SSSR count). The van der Waals surface area contributed by atoms with Crippen molar-refractivity contribution in [1.29, 1.82) is 0 Å². The quantitative estimate of drug-likeness (QED) is 0.434. The van der Waals surface area contributed by atoms with E-state index in [4.69, 9.17) is 4.74 Å². The predicted octanol–water partition coefficient (Wildman–Crippen LogP) is 3.24. The molecule has 0 aliphatic carbocycles. The number of aromatic amines is 1. The molecule has 0 aliphatic rings. The maximum Gasteiger partial charge on any atom is 0.408 e. The second kappa shape index (κ2) is 6.85. The van der Waals surface area contributed by atoms with Gasteiger partial charge in [-0.2, -0.15) is 0 Å². The van der Waals surface area contributed by atoms with E-state index in [-0.39, 0.29) is 5.56 Å². The van der Waals surface area contributed by atoms with Crippen LogP contribution in [0, 0.1) is 23.3 Å². The van der Waals surface area contributed by atoms with Crippen LogP contribution in [0.25, 0.3) is 10.9 Å². The lowest BCUT2D eigenvalue weighted by atomic mass is 10.0. The lowest BCUT2D eigenvalue weighted by molar-refractivity contribution is -0.139. The Morgan fingerprint density at radius 3 is 2.27 bits per heavy atom. The Hall–Kier alpha value is -2.78. The number of carbonyl (C=O) groups is 2. The van der Waals surface area contributed by atoms with Crippen LogP contribution in [0.2, 0.25) is 0 Å². The average molecular weight is 376 g/mol. The van der Waals surface area contributed by atoms with Crippen LogP contribution in [-0.4, -0.2) is 33.8 Å². The summed E-state index contributed by atoms with van der Waals surface area (Å²) in [6, 6.07) is -1.57. The number of nitrogens with one attached hydrogen (secondary N) is 2. The summed E-state index contributed by atoms with van der Waals surface area (Å²) >= 11 is 0. The van der Waals surface area contributed by atoms with E-state index in [1.165, 1.54) is 0 Å². The van der Waals surface area contributed by atoms with Crippen LogP contribution in [0.3, 0.4) is 0 Å². The first-order valence-corrected chi connectivity index (χ1v) is 7.46. The highest BCUT2D eigenvalue weighted by Crippen LogP contribution is 2.29. The number of amides is 1. The van der Waals surface area contributed by atoms with Crippen molar-refractivity contribution in [1.82, 2.24) is 10.3 Å². The zero-order chi connectivity index (χ0) is 19.8. The third-order valence-electron chi connectivity index (χ3n) is 3.39. The summed E-state index contributed by atoms with van der Waals surface area (Å²) in [6.07, 6.45) is -0.535. The van der Waals surface area contributed by atoms with Gasteiger partial charge in [0, 0.05) is 18.0 Å². The molecule has 1 heterocycles. The van der Waals surface area contributed by atoms with Crippen molar-refractivity contribution in [2.45, 2.75) is 38.8 Å². The summed E-state index contributed by atoms with van der Waals surface area (Å²) < 4.78 is 59.4. The number of ether oxygens (including phenoxy) is 1. The molecule has 0 fully saturated rings. The van der Waals surface area contributed by atoms with E-state index in [2.05, 4.69) is 10.3 Å². The molecule has 1 aromatic heterocycles. The van der Waals surface area contributed by atoms with Crippen LogP contribution in [0.5, 0.6) is 0 Å². The minimum Gasteiger partial charge on any atom is -0.480 e. The molecule has 1 amide bonds. The first-order valence-electron chi connectivity index (χ1n) is 7.46. The molecule has 1 atom stereocenters. The number of aliphatic carboxylic acids is 1. The van der Waals surface area contributed by atoms with E-state index < -0.39 is 64.3 Å². The van der Waals surface area contributed by atoms with Gasteiger partial charge in [0.25, 0.3) is 0 Å². The zero-order valence-electron chi connectivity index (χ0n) is 14.0. The minimum absolute atomic E-state index is 0.154. The van der Waals surface area contributed by atoms with Gasteiger partial charge in [-0.25, -0.2) is 27.2 Å². The molecule has 0 spiro atoms. The summed E-state index contributed by atoms with van der Waals surface area (Å²) in [5.74, 6) is -8.75. The number of carboxylic acid groups (broad SMARTS) is 1. The van der Waals surface area contributed by atoms with E-state index in [0.717, 1.165) is 6.20 Å². The number of fused-ring (bicyclic) bond motifs is 1. The molecule has 0 radical (unpaired) electrons. The number of halogens is 4. The van der Waals surface area contributed by atoms with E-state index in [0.29, 0.717) is 0 Å². The Morgan fingerprint density at radius 1 is 1.15 bits per heavy atom. The number of rotatable bonds is 4. The van der Waals surface area contributed by atoms with Crippen molar-refractivity contribution in [2.24, 2.45) is 0 Å². The topological polar surface area (TPSA) is 91.4 Å². The normalized spacial score (nSPS) is 12.9. The number of aromatic nitrogens is 1. The highest BCUT2D eigenvalue weighted by molar-refractivity contribution is 5.86. The van der Waals surface area contributed by atoms with E-state index in [9.17, 15) is 32.3 Å². The molecule has 3 N–H and O–H groups in total.